The summed E-state index contributed by atoms with van der Waals surface area (Å²) in [6.45, 7) is -1.83. The quantitative estimate of drug-likeness (QED) is 0.489. The number of alkyl halides is 2. The number of ether oxygens (including phenoxy) is 1. The van der Waals surface area contributed by atoms with E-state index in [1.807, 2.05) is 0 Å². The summed E-state index contributed by atoms with van der Waals surface area (Å²) in [6.07, 6.45) is -4.61. The molecular weight excluding hydrogens is 493 g/mol. The van der Waals surface area contributed by atoms with Crippen molar-refractivity contribution in [1.29, 1.82) is 0 Å². The van der Waals surface area contributed by atoms with Crippen LogP contribution < -0.4 is 11.2 Å². The van der Waals surface area contributed by atoms with Gasteiger partial charge in [-0.25, -0.2) is 4.79 Å². The number of benzene rings is 1. The molecule has 2 aromatic rings. The molecule has 0 spiro atoms. The lowest BCUT2D eigenvalue weighted by Gasteiger charge is -2.22. The van der Waals surface area contributed by atoms with Crippen LogP contribution in [0.25, 0.3) is 0 Å². The van der Waals surface area contributed by atoms with Crippen molar-refractivity contribution in [3.63, 3.8) is 0 Å². The molecule has 1 aromatic carbocycles. The molecule has 0 radical (unpaired) electrons. The Morgan fingerprint density at radius 1 is 1.14 bits per heavy atom. The molecule has 0 amide bonds. The molecule has 1 aromatic heterocycles. The fourth-order valence-corrected chi connectivity index (χ4v) is 3.58. The van der Waals surface area contributed by atoms with Gasteiger partial charge < -0.3 is 20.1 Å². The van der Waals surface area contributed by atoms with Crippen LogP contribution in [0.2, 0.25) is 0 Å². The average molecular weight is 510 g/mol. The molecule has 0 aliphatic carbocycles. The Kier molecular flexibility index (Phi) is 6.00. The fraction of sp³-hybridized carbons (Fsp3) is 0.412. The number of rotatable bonds is 5. The number of hydrogen-bond acceptors (Lipinski definition) is 6. The monoisotopic (exact) mass is 510 g/mol. The lowest BCUT2D eigenvalue weighted by Crippen LogP contribution is -2.46. The van der Waals surface area contributed by atoms with Crippen molar-refractivity contribution in [2.24, 2.45) is 0 Å². The van der Waals surface area contributed by atoms with E-state index in [4.69, 9.17) is 4.74 Å². The Hall–Kier alpha value is -1.67. The van der Waals surface area contributed by atoms with Crippen LogP contribution in [0, 0.1) is 3.57 Å². The molecule has 2 heterocycles. The first-order valence-corrected chi connectivity index (χ1v) is 9.32. The molecule has 1 aliphatic rings. The number of aliphatic hydroxyl groups is 3. The zero-order chi connectivity index (χ0) is 20.6. The van der Waals surface area contributed by atoms with E-state index >= 15 is 0 Å². The van der Waals surface area contributed by atoms with E-state index in [9.17, 15) is 33.7 Å². The first-order chi connectivity index (χ1) is 13.2. The molecule has 3 rings (SSSR count). The standard InChI is InChI=1S/C17H17F2IN2O6/c18-17(19,9-4-2-1-3-5-9)8-22-14(26)10(20)6-21(16(22)27)15-13(25)12(24)11(7-23)28-15/h1-6,11-13,15,23-25H,7-8H2/t11-,12+,13+,15-/m1/s1. The maximum Gasteiger partial charge on any atom is 0.333 e. The van der Waals surface area contributed by atoms with Crippen molar-refractivity contribution in [3.05, 3.63) is 66.5 Å². The van der Waals surface area contributed by atoms with Crippen LogP contribution in [0.1, 0.15) is 11.8 Å². The van der Waals surface area contributed by atoms with Crippen molar-refractivity contribution in [3.8, 4) is 0 Å². The van der Waals surface area contributed by atoms with Crippen molar-refractivity contribution in [1.82, 2.24) is 9.13 Å². The molecule has 0 bridgehead atoms. The third kappa shape index (κ3) is 3.76. The fourth-order valence-electron chi connectivity index (χ4n) is 2.99. The van der Waals surface area contributed by atoms with E-state index in [-0.39, 0.29) is 9.13 Å². The second-order valence-electron chi connectivity index (χ2n) is 6.36. The van der Waals surface area contributed by atoms with Gasteiger partial charge in [-0.15, -0.1) is 0 Å². The Bertz CT molecular complexity index is 964. The molecule has 1 saturated heterocycles. The number of halogens is 3. The molecular formula is C17H17F2IN2O6. The van der Waals surface area contributed by atoms with Crippen molar-refractivity contribution < 1.29 is 28.8 Å². The number of aliphatic hydroxyl groups excluding tert-OH is 3. The predicted molar refractivity (Wildman–Crippen MR) is 101 cm³/mol. The van der Waals surface area contributed by atoms with Crippen molar-refractivity contribution in [2.45, 2.75) is 37.0 Å². The zero-order valence-electron chi connectivity index (χ0n) is 14.3. The summed E-state index contributed by atoms with van der Waals surface area (Å²) in [5.74, 6) is -3.51. The van der Waals surface area contributed by atoms with Crippen LogP contribution in [0.3, 0.4) is 0 Å². The highest BCUT2D eigenvalue weighted by molar-refractivity contribution is 14.1. The average Bonchev–Trinajstić information content (AvgIpc) is 2.97. The van der Waals surface area contributed by atoms with Gasteiger partial charge in [0.05, 0.1) is 16.7 Å². The summed E-state index contributed by atoms with van der Waals surface area (Å²) >= 11 is 1.58. The van der Waals surface area contributed by atoms with Crippen LogP contribution in [0.4, 0.5) is 8.78 Å². The minimum atomic E-state index is -3.51. The van der Waals surface area contributed by atoms with Crippen molar-refractivity contribution >= 4 is 22.6 Å². The molecule has 1 aliphatic heterocycles. The highest BCUT2D eigenvalue weighted by Crippen LogP contribution is 2.30. The lowest BCUT2D eigenvalue weighted by molar-refractivity contribution is -0.0578. The van der Waals surface area contributed by atoms with Gasteiger partial charge in [-0.05, 0) is 22.6 Å². The molecule has 152 valence electrons. The molecule has 0 saturated carbocycles. The van der Waals surface area contributed by atoms with E-state index in [0.29, 0.717) is 4.57 Å². The van der Waals surface area contributed by atoms with E-state index in [0.717, 1.165) is 10.8 Å². The molecule has 0 unspecified atom stereocenters. The highest BCUT2D eigenvalue weighted by Gasteiger charge is 2.44. The third-order valence-electron chi connectivity index (χ3n) is 4.50. The topological polar surface area (TPSA) is 114 Å². The molecule has 4 atom stereocenters. The van der Waals surface area contributed by atoms with Crippen LogP contribution in [-0.4, -0.2) is 49.4 Å². The number of nitrogens with zero attached hydrogens (tertiary/aromatic N) is 2. The second kappa shape index (κ2) is 7.99. The summed E-state index contributed by atoms with van der Waals surface area (Å²) in [5, 5.41) is 29.2. The van der Waals surface area contributed by atoms with Gasteiger partial charge in [-0.2, -0.15) is 8.78 Å². The van der Waals surface area contributed by atoms with Gasteiger partial charge in [-0.1, -0.05) is 30.3 Å². The SMILES string of the molecule is O=c1c(I)cn([C@@H]2O[C@H](CO)[C@H](O)[C@@H]2O)c(=O)n1CC(F)(F)c1ccccc1. The molecule has 8 nitrogen and oxygen atoms in total. The summed E-state index contributed by atoms with van der Waals surface area (Å²) in [5.41, 5.74) is -2.40. The van der Waals surface area contributed by atoms with Gasteiger partial charge in [-0.3, -0.25) is 13.9 Å². The lowest BCUT2D eigenvalue weighted by atomic mass is 10.1. The Labute approximate surface area is 170 Å². The summed E-state index contributed by atoms with van der Waals surface area (Å²) < 4.78 is 35.6. The molecule has 1 fully saturated rings. The molecule has 28 heavy (non-hydrogen) atoms. The molecule has 11 heteroatoms. The van der Waals surface area contributed by atoms with E-state index in [2.05, 4.69) is 0 Å². The maximum absolute atomic E-state index is 14.6. The van der Waals surface area contributed by atoms with Gasteiger partial charge in [0, 0.05) is 11.8 Å². The summed E-state index contributed by atoms with van der Waals surface area (Å²) in [4.78, 5) is 25.1. The Morgan fingerprint density at radius 3 is 2.36 bits per heavy atom. The minimum absolute atomic E-state index is 0.0567. The van der Waals surface area contributed by atoms with Gasteiger partial charge in [0.25, 0.3) is 11.5 Å². The van der Waals surface area contributed by atoms with Crippen LogP contribution in [0.15, 0.2) is 46.1 Å². The maximum atomic E-state index is 14.6. The van der Waals surface area contributed by atoms with Gasteiger partial charge in [0.2, 0.25) is 0 Å². The molecule has 3 N–H and O–H groups in total. The largest absolute Gasteiger partial charge is 0.394 e. The predicted octanol–water partition coefficient (Wildman–Crippen LogP) is 0.0181. The van der Waals surface area contributed by atoms with Gasteiger partial charge in [0.15, 0.2) is 6.23 Å². The van der Waals surface area contributed by atoms with Crippen LogP contribution in [0.5, 0.6) is 0 Å². The Morgan fingerprint density at radius 2 is 1.79 bits per heavy atom. The van der Waals surface area contributed by atoms with E-state index in [1.54, 1.807) is 28.7 Å². The summed E-state index contributed by atoms with van der Waals surface area (Å²) in [7, 11) is 0. The van der Waals surface area contributed by atoms with Crippen LogP contribution >= 0.6 is 22.6 Å². The first-order valence-electron chi connectivity index (χ1n) is 8.24. The zero-order valence-corrected chi connectivity index (χ0v) is 16.4. The normalized spacial score (nSPS) is 25.2. The second-order valence-corrected chi connectivity index (χ2v) is 7.52. The third-order valence-corrected chi connectivity index (χ3v) is 5.24. The van der Waals surface area contributed by atoms with E-state index < -0.39 is 54.9 Å². The smallest absolute Gasteiger partial charge is 0.333 e. The number of hydrogen-bond donors (Lipinski definition) is 3. The number of aromatic nitrogens is 2. The van der Waals surface area contributed by atoms with Gasteiger partial charge in [0.1, 0.15) is 18.3 Å². The highest BCUT2D eigenvalue weighted by atomic mass is 127. The van der Waals surface area contributed by atoms with Crippen LogP contribution in [-0.2, 0) is 17.2 Å². The van der Waals surface area contributed by atoms with Gasteiger partial charge >= 0.3 is 5.69 Å². The van der Waals surface area contributed by atoms with Crippen molar-refractivity contribution in [2.75, 3.05) is 6.61 Å². The first kappa shape index (κ1) is 21.0. The summed E-state index contributed by atoms with van der Waals surface area (Å²) in [6, 6.07) is 6.76. The van der Waals surface area contributed by atoms with E-state index in [1.165, 1.54) is 24.3 Å². The minimum Gasteiger partial charge on any atom is -0.394 e. The Balaban J connectivity index is 2.04.